The second-order valence-electron chi connectivity index (χ2n) is 13.0. The van der Waals surface area contributed by atoms with E-state index in [0.717, 1.165) is 24.0 Å². The first-order valence-corrected chi connectivity index (χ1v) is 15.0. The Bertz CT molecular complexity index is 1070. The third-order valence-electron chi connectivity index (χ3n) is 8.27. The normalized spacial score (nSPS) is 20.1. The lowest BCUT2D eigenvalue weighted by molar-refractivity contribution is -0.155. The molecule has 0 heterocycles. The van der Waals surface area contributed by atoms with Crippen molar-refractivity contribution in [3.8, 4) is 0 Å². The summed E-state index contributed by atoms with van der Waals surface area (Å²) >= 11 is 0. The maximum Gasteiger partial charge on any atom is 0.309 e. The van der Waals surface area contributed by atoms with Crippen LogP contribution in [0.25, 0.3) is 0 Å². The minimum atomic E-state index is -0.262. The number of carbonyl (C=O) groups is 3. The van der Waals surface area contributed by atoms with Crippen molar-refractivity contribution in [3.05, 3.63) is 71.8 Å². The van der Waals surface area contributed by atoms with E-state index in [1.807, 2.05) is 74.5 Å². The number of ether oxygens (including phenoxy) is 2. The highest BCUT2D eigenvalue weighted by Crippen LogP contribution is 2.40. The lowest BCUT2D eigenvalue weighted by Gasteiger charge is -2.35. The molecule has 0 amide bonds. The second-order valence-corrected chi connectivity index (χ2v) is 13.0. The molecule has 1 aliphatic carbocycles. The van der Waals surface area contributed by atoms with Gasteiger partial charge >= 0.3 is 11.9 Å². The van der Waals surface area contributed by atoms with Crippen molar-refractivity contribution < 1.29 is 23.9 Å². The number of ketones is 1. The van der Waals surface area contributed by atoms with Crippen LogP contribution in [-0.4, -0.2) is 17.7 Å². The molecule has 2 aromatic rings. The van der Waals surface area contributed by atoms with Crippen LogP contribution in [0.4, 0.5) is 0 Å². The molecule has 40 heavy (non-hydrogen) atoms. The van der Waals surface area contributed by atoms with Gasteiger partial charge in [-0.1, -0.05) is 95.3 Å². The molecule has 0 radical (unpaired) electrons. The van der Waals surface area contributed by atoms with Crippen LogP contribution in [0.5, 0.6) is 0 Å². The van der Waals surface area contributed by atoms with Gasteiger partial charge in [0, 0.05) is 12.3 Å². The van der Waals surface area contributed by atoms with Gasteiger partial charge in [0.1, 0.15) is 19.0 Å². The highest BCUT2D eigenvalue weighted by atomic mass is 16.5. The van der Waals surface area contributed by atoms with Crippen LogP contribution in [0.3, 0.4) is 0 Å². The SMILES string of the molecule is CC(C)C(CCC1CC(C(=O)CCC(C)(C)C)CCC1C(=O)OCc1ccccc1)C(=O)OCc1ccccc1. The number of hydrogen-bond donors (Lipinski definition) is 0. The zero-order valence-corrected chi connectivity index (χ0v) is 25.1. The summed E-state index contributed by atoms with van der Waals surface area (Å²) in [5, 5.41) is 0. The van der Waals surface area contributed by atoms with Gasteiger partial charge in [-0.05, 0) is 66.9 Å². The molecule has 4 unspecified atom stereocenters. The van der Waals surface area contributed by atoms with Crippen molar-refractivity contribution in [2.24, 2.45) is 35.0 Å². The molecule has 1 fully saturated rings. The minimum Gasteiger partial charge on any atom is -0.461 e. The van der Waals surface area contributed by atoms with Gasteiger partial charge in [-0.15, -0.1) is 0 Å². The van der Waals surface area contributed by atoms with E-state index >= 15 is 0 Å². The van der Waals surface area contributed by atoms with E-state index < -0.39 is 0 Å². The van der Waals surface area contributed by atoms with Crippen LogP contribution in [-0.2, 0) is 37.1 Å². The van der Waals surface area contributed by atoms with Gasteiger partial charge in [-0.3, -0.25) is 14.4 Å². The smallest absolute Gasteiger partial charge is 0.309 e. The van der Waals surface area contributed by atoms with E-state index in [4.69, 9.17) is 9.47 Å². The van der Waals surface area contributed by atoms with E-state index in [0.29, 0.717) is 37.9 Å². The molecule has 0 saturated heterocycles. The monoisotopic (exact) mass is 548 g/mol. The van der Waals surface area contributed by atoms with Gasteiger partial charge in [0.15, 0.2) is 0 Å². The summed E-state index contributed by atoms with van der Waals surface area (Å²) < 4.78 is 11.5. The maximum absolute atomic E-state index is 13.3. The number of rotatable bonds is 13. The largest absolute Gasteiger partial charge is 0.461 e. The van der Waals surface area contributed by atoms with Gasteiger partial charge in [-0.25, -0.2) is 0 Å². The summed E-state index contributed by atoms with van der Waals surface area (Å²) in [7, 11) is 0. The van der Waals surface area contributed by atoms with Crippen molar-refractivity contribution in [3.63, 3.8) is 0 Å². The first-order chi connectivity index (χ1) is 19.0. The fraction of sp³-hybridized carbons (Fsp3) is 0.571. The molecule has 0 N–H and O–H groups in total. The molecule has 218 valence electrons. The van der Waals surface area contributed by atoms with Crippen molar-refractivity contribution in [2.45, 2.75) is 92.8 Å². The molecule has 0 spiro atoms. The van der Waals surface area contributed by atoms with E-state index in [-0.39, 0.29) is 60.2 Å². The molecule has 1 saturated carbocycles. The fourth-order valence-electron chi connectivity index (χ4n) is 5.68. The van der Waals surface area contributed by atoms with Crippen LogP contribution in [0, 0.1) is 35.0 Å². The van der Waals surface area contributed by atoms with Crippen LogP contribution in [0.1, 0.15) is 90.7 Å². The summed E-state index contributed by atoms with van der Waals surface area (Å²) in [4.78, 5) is 39.5. The Hall–Kier alpha value is -2.95. The third-order valence-corrected chi connectivity index (χ3v) is 8.27. The fourth-order valence-corrected chi connectivity index (χ4v) is 5.68. The molecule has 5 heteroatoms. The van der Waals surface area contributed by atoms with Crippen molar-refractivity contribution in [1.29, 1.82) is 0 Å². The third kappa shape index (κ3) is 10.2. The summed E-state index contributed by atoms with van der Waals surface area (Å²) in [6.45, 7) is 11.1. The van der Waals surface area contributed by atoms with Gasteiger partial charge in [0.25, 0.3) is 0 Å². The van der Waals surface area contributed by atoms with Gasteiger partial charge in [-0.2, -0.15) is 0 Å². The molecule has 0 aliphatic heterocycles. The Labute approximate surface area is 241 Å². The maximum atomic E-state index is 13.3. The topological polar surface area (TPSA) is 69.7 Å². The first-order valence-electron chi connectivity index (χ1n) is 15.0. The van der Waals surface area contributed by atoms with Crippen molar-refractivity contribution in [2.75, 3.05) is 0 Å². The van der Waals surface area contributed by atoms with E-state index in [2.05, 4.69) is 20.8 Å². The summed E-state index contributed by atoms with van der Waals surface area (Å²) in [5.41, 5.74) is 2.03. The predicted molar refractivity (Wildman–Crippen MR) is 158 cm³/mol. The Morgan fingerprint density at radius 2 is 1.43 bits per heavy atom. The molecular formula is C35H48O5. The Balaban J connectivity index is 1.66. The average Bonchev–Trinajstić information content (AvgIpc) is 2.94. The molecule has 5 nitrogen and oxygen atoms in total. The summed E-state index contributed by atoms with van der Waals surface area (Å²) in [6.07, 6.45) is 4.80. The second kappa shape index (κ2) is 15.2. The number of esters is 2. The molecule has 2 aromatic carbocycles. The average molecular weight is 549 g/mol. The molecule has 0 aromatic heterocycles. The standard InChI is InChI=1S/C35H48O5/c1-25(2)30(33(37)39-23-26-12-8-6-9-13-26)18-16-28-22-29(32(36)20-21-35(3,4)5)17-19-31(28)34(38)40-24-27-14-10-7-11-15-27/h6-15,25,28-31H,16-24H2,1-5H3. The van der Waals surface area contributed by atoms with Crippen molar-refractivity contribution >= 4 is 17.7 Å². The number of hydrogen-bond acceptors (Lipinski definition) is 5. The number of Topliss-reactive ketones (excluding diaryl/α,β-unsaturated/α-hetero) is 1. The van der Waals surface area contributed by atoms with Gasteiger partial charge in [0.05, 0.1) is 11.8 Å². The number of benzene rings is 2. The Morgan fingerprint density at radius 1 is 0.850 bits per heavy atom. The van der Waals surface area contributed by atoms with Crippen LogP contribution in [0.2, 0.25) is 0 Å². The Morgan fingerprint density at radius 3 is 1.98 bits per heavy atom. The summed E-state index contributed by atoms with van der Waals surface area (Å²) in [5.74, 6) is -0.529. The van der Waals surface area contributed by atoms with E-state index in [1.165, 1.54) is 0 Å². The highest BCUT2D eigenvalue weighted by Gasteiger charge is 2.39. The summed E-state index contributed by atoms with van der Waals surface area (Å²) in [6, 6.07) is 19.4. The molecule has 4 atom stereocenters. The highest BCUT2D eigenvalue weighted by molar-refractivity contribution is 5.81. The lowest BCUT2D eigenvalue weighted by atomic mass is 9.69. The van der Waals surface area contributed by atoms with Gasteiger partial charge < -0.3 is 9.47 Å². The molecule has 3 rings (SSSR count). The Kier molecular flexibility index (Phi) is 12.0. The lowest BCUT2D eigenvalue weighted by Crippen LogP contribution is -2.35. The molecule has 1 aliphatic rings. The van der Waals surface area contributed by atoms with Gasteiger partial charge in [0.2, 0.25) is 0 Å². The quantitative estimate of drug-likeness (QED) is 0.238. The predicted octanol–water partition coefficient (Wildman–Crippen LogP) is 7.95. The van der Waals surface area contributed by atoms with Crippen LogP contribution in [0.15, 0.2) is 60.7 Å². The zero-order valence-electron chi connectivity index (χ0n) is 25.1. The minimum absolute atomic E-state index is 0.00350. The molecular weight excluding hydrogens is 500 g/mol. The number of carbonyl (C=O) groups excluding carboxylic acids is 3. The van der Waals surface area contributed by atoms with Crippen LogP contribution >= 0.6 is 0 Å². The van der Waals surface area contributed by atoms with Crippen molar-refractivity contribution in [1.82, 2.24) is 0 Å². The van der Waals surface area contributed by atoms with E-state index in [1.54, 1.807) is 0 Å². The van der Waals surface area contributed by atoms with Crippen LogP contribution < -0.4 is 0 Å². The zero-order chi connectivity index (χ0) is 29.1. The molecule has 0 bridgehead atoms. The van der Waals surface area contributed by atoms with E-state index in [9.17, 15) is 14.4 Å². The first kappa shape index (κ1) is 31.6.